The highest BCUT2D eigenvalue weighted by Crippen LogP contribution is 2.33. The molecule has 1 atom stereocenters. The largest absolute Gasteiger partial charge is 0.383 e. The Morgan fingerprint density at radius 2 is 2.06 bits per heavy atom. The number of fused-ring (bicyclic) bond motifs is 1. The zero-order valence-corrected chi connectivity index (χ0v) is 11.5. The number of halogens is 1. The number of hydrogen-bond donors (Lipinski definition) is 3. The van der Waals surface area contributed by atoms with Crippen LogP contribution in [0.1, 0.15) is 31.4 Å². The van der Waals surface area contributed by atoms with Gasteiger partial charge in [0.15, 0.2) is 0 Å². The summed E-state index contributed by atoms with van der Waals surface area (Å²) in [5.41, 5.74) is 2.71. The molecule has 1 aromatic rings. The molecule has 2 aliphatic rings. The van der Waals surface area contributed by atoms with E-state index in [-0.39, 0.29) is 5.54 Å². The van der Waals surface area contributed by atoms with Gasteiger partial charge in [0.2, 0.25) is 0 Å². The van der Waals surface area contributed by atoms with E-state index in [0.29, 0.717) is 6.04 Å². The third kappa shape index (κ3) is 2.22. The van der Waals surface area contributed by atoms with Crippen LogP contribution >= 0.6 is 11.6 Å². The molecule has 2 heterocycles. The van der Waals surface area contributed by atoms with Crippen molar-refractivity contribution in [2.45, 2.75) is 31.3 Å². The number of rotatable bonds is 0. The fraction of sp³-hybridized carbons (Fsp3) is 0.571. The Hall–Kier alpha value is -0.770. The van der Waals surface area contributed by atoms with Crippen LogP contribution in [0.5, 0.6) is 0 Å². The Labute approximate surface area is 113 Å². The lowest BCUT2D eigenvalue weighted by Crippen LogP contribution is -2.55. The number of benzene rings is 1. The van der Waals surface area contributed by atoms with E-state index in [4.69, 9.17) is 11.6 Å². The van der Waals surface area contributed by atoms with Crippen LogP contribution in [0.3, 0.4) is 0 Å². The number of anilines is 1. The maximum Gasteiger partial charge on any atom is 0.0410 e. The molecular weight excluding hydrogens is 246 g/mol. The molecule has 0 aromatic heterocycles. The summed E-state index contributed by atoms with van der Waals surface area (Å²) in [5, 5.41) is 11.7. The molecule has 18 heavy (non-hydrogen) atoms. The van der Waals surface area contributed by atoms with Crippen LogP contribution in [0.4, 0.5) is 5.69 Å². The predicted molar refractivity (Wildman–Crippen MR) is 76.3 cm³/mol. The summed E-state index contributed by atoms with van der Waals surface area (Å²) >= 11 is 6.11. The molecule has 1 unspecified atom stereocenters. The Morgan fingerprint density at radius 3 is 2.83 bits per heavy atom. The summed E-state index contributed by atoms with van der Waals surface area (Å²) in [6.07, 6.45) is 2.35. The molecule has 0 radical (unpaired) electrons. The average molecular weight is 266 g/mol. The minimum absolute atomic E-state index is 0.218. The van der Waals surface area contributed by atoms with Crippen molar-refractivity contribution in [2.75, 3.05) is 25.0 Å². The minimum atomic E-state index is 0.218. The fourth-order valence-electron chi connectivity index (χ4n) is 3.13. The van der Waals surface area contributed by atoms with E-state index in [0.717, 1.165) is 24.7 Å². The zero-order chi connectivity index (χ0) is 12.6. The topological polar surface area (TPSA) is 36.1 Å². The van der Waals surface area contributed by atoms with E-state index in [1.54, 1.807) is 0 Å². The van der Waals surface area contributed by atoms with Gasteiger partial charge in [-0.3, -0.25) is 0 Å². The monoisotopic (exact) mass is 265 g/mol. The molecule has 3 nitrogen and oxygen atoms in total. The second kappa shape index (κ2) is 4.72. The molecule has 1 aromatic carbocycles. The Balaban J connectivity index is 1.90. The average Bonchev–Trinajstić information content (AvgIpc) is 2.49. The first-order valence-corrected chi connectivity index (χ1v) is 7.08. The van der Waals surface area contributed by atoms with E-state index in [1.807, 2.05) is 6.07 Å². The van der Waals surface area contributed by atoms with Gasteiger partial charge in [-0.1, -0.05) is 11.6 Å². The predicted octanol–water partition coefficient (Wildman–Crippen LogP) is 2.54. The highest BCUT2D eigenvalue weighted by atomic mass is 35.5. The van der Waals surface area contributed by atoms with Crippen molar-refractivity contribution in [3.8, 4) is 0 Å². The molecule has 4 heteroatoms. The molecule has 1 fully saturated rings. The molecule has 1 spiro atoms. The number of nitrogens with one attached hydrogen (secondary N) is 3. The number of hydrogen-bond acceptors (Lipinski definition) is 3. The van der Waals surface area contributed by atoms with Gasteiger partial charge in [-0.2, -0.15) is 0 Å². The van der Waals surface area contributed by atoms with Crippen LogP contribution < -0.4 is 16.0 Å². The van der Waals surface area contributed by atoms with Crippen LogP contribution in [0.25, 0.3) is 0 Å². The standard InChI is InChI=1S/C14H20ClN3/c1-10-12-8-11(15)2-3-13(12)17-9-14(18-10)4-6-16-7-5-14/h2-3,8,10,16-18H,4-7,9H2,1H3. The molecule has 0 amide bonds. The van der Waals surface area contributed by atoms with Gasteiger partial charge in [-0.25, -0.2) is 0 Å². The Kier molecular flexibility index (Phi) is 3.22. The van der Waals surface area contributed by atoms with Gasteiger partial charge in [0, 0.05) is 28.8 Å². The maximum absolute atomic E-state index is 6.11. The van der Waals surface area contributed by atoms with Crippen molar-refractivity contribution < 1.29 is 0 Å². The summed E-state index contributed by atoms with van der Waals surface area (Å²) in [5.74, 6) is 0. The van der Waals surface area contributed by atoms with Crippen molar-refractivity contribution in [3.63, 3.8) is 0 Å². The first kappa shape index (κ1) is 12.3. The third-order valence-corrected chi connectivity index (χ3v) is 4.42. The molecule has 3 rings (SSSR count). The fourth-order valence-corrected chi connectivity index (χ4v) is 3.31. The van der Waals surface area contributed by atoms with Crippen molar-refractivity contribution in [1.82, 2.24) is 10.6 Å². The lowest BCUT2D eigenvalue weighted by Gasteiger charge is -2.39. The molecule has 2 aliphatic heterocycles. The molecule has 98 valence electrons. The summed E-state index contributed by atoms with van der Waals surface area (Å²) < 4.78 is 0. The van der Waals surface area contributed by atoms with Crippen LogP contribution in [0, 0.1) is 0 Å². The van der Waals surface area contributed by atoms with Crippen molar-refractivity contribution >= 4 is 17.3 Å². The Morgan fingerprint density at radius 1 is 1.28 bits per heavy atom. The SMILES string of the molecule is CC1NC2(CCNCC2)CNc2ccc(Cl)cc21. The van der Waals surface area contributed by atoms with E-state index < -0.39 is 0 Å². The van der Waals surface area contributed by atoms with Gasteiger partial charge in [0.1, 0.15) is 0 Å². The smallest absolute Gasteiger partial charge is 0.0410 e. The molecule has 0 bridgehead atoms. The first-order valence-electron chi connectivity index (χ1n) is 6.70. The summed E-state index contributed by atoms with van der Waals surface area (Å²) in [6.45, 7) is 5.41. The molecular formula is C14H20ClN3. The second-order valence-electron chi connectivity index (χ2n) is 5.48. The summed E-state index contributed by atoms with van der Waals surface area (Å²) in [6, 6.07) is 6.46. The van der Waals surface area contributed by atoms with Gasteiger partial charge in [-0.05, 0) is 56.6 Å². The van der Waals surface area contributed by atoms with Crippen molar-refractivity contribution in [2.24, 2.45) is 0 Å². The van der Waals surface area contributed by atoms with Crippen molar-refractivity contribution in [1.29, 1.82) is 0 Å². The highest BCUT2D eigenvalue weighted by Gasteiger charge is 2.35. The van der Waals surface area contributed by atoms with Crippen LogP contribution in [-0.2, 0) is 0 Å². The lowest BCUT2D eigenvalue weighted by molar-refractivity contribution is 0.240. The highest BCUT2D eigenvalue weighted by molar-refractivity contribution is 6.30. The van der Waals surface area contributed by atoms with Gasteiger partial charge in [0.25, 0.3) is 0 Å². The van der Waals surface area contributed by atoms with Gasteiger partial charge in [0.05, 0.1) is 0 Å². The molecule has 3 N–H and O–H groups in total. The normalized spacial score (nSPS) is 26.2. The van der Waals surface area contributed by atoms with Crippen molar-refractivity contribution in [3.05, 3.63) is 28.8 Å². The van der Waals surface area contributed by atoms with E-state index in [1.165, 1.54) is 24.1 Å². The van der Waals surface area contributed by atoms with Crippen LogP contribution in [-0.4, -0.2) is 25.2 Å². The van der Waals surface area contributed by atoms with Gasteiger partial charge < -0.3 is 16.0 Å². The Bertz CT molecular complexity index is 441. The van der Waals surface area contributed by atoms with Crippen LogP contribution in [0.15, 0.2) is 18.2 Å². The van der Waals surface area contributed by atoms with E-state index in [2.05, 4.69) is 35.0 Å². The maximum atomic E-state index is 6.11. The van der Waals surface area contributed by atoms with E-state index >= 15 is 0 Å². The van der Waals surface area contributed by atoms with Crippen LogP contribution in [0.2, 0.25) is 5.02 Å². The zero-order valence-electron chi connectivity index (χ0n) is 10.7. The quantitative estimate of drug-likeness (QED) is 0.675. The second-order valence-corrected chi connectivity index (χ2v) is 5.92. The molecule has 0 aliphatic carbocycles. The first-order chi connectivity index (χ1) is 8.69. The summed E-state index contributed by atoms with van der Waals surface area (Å²) in [7, 11) is 0. The minimum Gasteiger partial charge on any atom is -0.383 e. The lowest BCUT2D eigenvalue weighted by atomic mass is 9.87. The van der Waals surface area contributed by atoms with Gasteiger partial charge >= 0.3 is 0 Å². The van der Waals surface area contributed by atoms with E-state index in [9.17, 15) is 0 Å². The summed E-state index contributed by atoms with van der Waals surface area (Å²) in [4.78, 5) is 0. The molecule has 1 saturated heterocycles. The third-order valence-electron chi connectivity index (χ3n) is 4.18. The number of piperidine rings is 1. The van der Waals surface area contributed by atoms with Gasteiger partial charge in [-0.15, -0.1) is 0 Å². The molecule has 0 saturated carbocycles.